The zero-order chi connectivity index (χ0) is 7.56. The molecule has 1 aromatic rings. The summed E-state index contributed by atoms with van der Waals surface area (Å²) in [4.78, 5) is 0. The molecule has 1 rings (SSSR count). The molecular weight excluding hydrogens is 126 g/mol. The fraction of sp³-hybridized carbons (Fsp3) is 0.250. The van der Waals surface area contributed by atoms with Crippen molar-refractivity contribution in [1.29, 1.82) is 0 Å². The summed E-state index contributed by atoms with van der Waals surface area (Å²) in [6.45, 7) is 3.85. The van der Waals surface area contributed by atoms with Gasteiger partial charge in [-0.2, -0.15) is 0 Å². The van der Waals surface area contributed by atoms with Gasteiger partial charge in [0.2, 0.25) is 0 Å². The molecule has 2 heteroatoms. The molecule has 0 nitrogen and oxygen atoms in total. The Morgan fingerprint density at radius 3 is 2.60 bits per heavy atom. The van der Waals surface area contributed by atoms with E-state index in [1.165, 1.54) is 11.5 Å². The molecule has 0 aliphatic carbocycles. The van der Waals surface area contributed by atoms with Crippen molar-refractivity contribution < 1.29 is 4.39 Å². The lowest BCUT2D eigenvalue weighted by Crippen LogP contribution is -2.10. The van der Waals surface area contributed by atoms with Crippen LogP contribution in [0, 0.1) is 12.7 Å². The van der Waals surface area contributed by atoms with Gasteiger partial charge in [0, 0.05) is 0 Å². The first kappa shape index (κ1) is 7.32. The largest absolute Gasteiger partial charge is 0.207 e. The average molecular weight is 136 g/mol. The molecule has 0 aliphatic heterocycles. The van der Waals surface area contributed by atoms with Crippen molar-refractivity contribution in [3.05, 3.63) is 29.6 Å². The van der Waals surface area contributed by atoms with Gasteiger partial charge < -0.3 is 0 Å². The van der Waals surface area contributed by atoms with Crippen LogP contribution < -0.4 is 5.46 Å². The molecule has 0 heterocycles. The fourth-order valence-corrected chi connectivity index (χ4v) is 0.927. The van der Waals surface area contributed by atoms with Gasteiger partial charge in [-0.25, -0.2) is 4.39 Å². The minimum atomic E-state index is -0.114. The van der Waals surface area contributed by atoms with E-state index in [4.69, 9.17) is 0 Å². The van der Waals surface area contributed by atoms with Crippen LogP contribution in [0.3, 0.4) is 0 Å². The van der Waals surface area contributed by atoms with E-state index in [1.54, 1.807) is 6.92 Å². The van der Waals surface area contributed by atoms with Crippen LogP contribution in [0.2, 0.25) is 6.82 Å². The van der Waals surface area contributed by atoms with Gasteiger partial charge in [-0.15, -0.1) is 0 Å². The van der Waals surface area contributed by atoms with E-state index >= 15 is 0 Å². The summed E-state index contributed by atoms with van der Waals surface area (Å²) < 4.78 is 12.6. The third-order valence-electron chi connectivity index (χ3n) is 1.63. The van der Waals surface area contributed by atoms with E-state index in [1.807, 2.05) is 12.1 Å². The topological polar surface area (TPSA) is 0 Å². The van der Waals surface area contributed by atoms with E-state index in [2.05, 4.69) is 6.82 Å². The standard InChI is InChI=1S/C8H10BF/c1-6-5-7(9-2)3-4-8(6)10/h3-5,9H,1-2H3. The number of hydrogen-bond acceptors (Lipinski definition) is 0. The molecule has 0 aliphatic rings. The Hall–Kier alpha value is -0.785. The third-order valence-corrected chi connectivity index (χ3v) is 1.63. The Bertz CT molecular complexity index is 233. The van der Waals surface area contributed by atoms with Gasteiger partial charge in [0.05, 0.1) is 0 Å². The highest BCUT2D eigenvalue weighted by atomic mass is 19.1. The van der Waals surface area contributed by atoms with Crippen LogP contribution >= 0.6 is 0 Å². The minimum absolute atomic E-state index is 0.114. The molecule has 10 heavy (non-hydrogen) atoms. The molecule has 0 amide bonds. The Labute approximate surface area is 61.3 Å². The lowest BCUT2D eigenvalue weighted by molar-refractivity contribution is 0.619. The number of rotatable bonds is 1. The summed E-state index contributed by atoms with van der Waals surface area (Å²) in [5.41, 5.74) is 1.93. The Balaban J connectivity index is 3.04. The first-order chi connectivity index (χ1) is 4.74. The Kier molecular flexibility index (Phi) is 2.10. The summed E-state index contributed by atoms with van der Waals surface area (Å²) in [5.74, 6) is -0.114. The van der Waals surface area contributed by atoms with Crippen molar-refractivity contribution in [2.24, 2.45) is 0 Å². The fourth-order valence-electron chi connectivity index (χ4n) is 0.927. The quantitative estimate of drug-likeness (QED) is 0.509. The van der Waals surface area contributed by atoms with Gasteiger partial charge in [0.25, 0.3) is 0 Å². The lowest BCUT2D eigenvalue weighted by atomic mass is 9.73. The van der Waals surface area contributed by atoms with Crippen LogP contribution in [0.5, 0.6) is 0 Å². The third kappa shape index (κ3) is 1.38. The van der Waals surface area contributed by atoms with Gasteiger partial charge in [-0.1, -0.05) is 24.4 Å². The second-order valence-electron chi connectivity index (χ2n) is 2.44. The molecule has 0 unspecified atom stereocenters. The molecule has 1 aromatic carbocycles. The van der Waals surface area contributed by atoms with Gasteiger partial charge in [0.15, 0.2) is 7.28 Å². The summed E-state index contributed by atoms with van der Waals surface area (Å²) in [6, 6.07) is 5.23. The van der Waals surface area contributed by atoms with E-state index in [9.17, 15) is 4.39 Å². The molecule has 0 atom stereocenters. The number of halogens is 1. The molecule has 0 saturated heterocycles. The number of aryl methyl sites for hydroxylation is 1. The van der Waals surface area contributed by atoms with Crippen molar-refractivity contribution >= 4 is 12.7 Å². The van der Waals surface area contributed by atoms with E-state index in [-0.39, 0.29) is 5.82 Å². The van der Waals surface area contributed by atoms with Gasteiger partial charge in [-0.3, -0.25) is 0 Å². The van der Waals surface area contributed by atoms with Crippen LogP contribution in [0.15, 0.2) is 18.2 Å². The van der Waals surface area contributed by atoms with Crippen molar-refractivity contribution in [1.82, 2.24) is 0 Å². The minimum Gasteiger partial charge on any atom is -0.207 e. The summed E-state index contributed by atoms with van der Waals surface area (Å²) in [7, 11) is 0.973. The zero-order valence-electron chi connectivity index (χ0n) is 6.32. The molecular formula is C8H10BF. The second kappa shape index (κ2) is 2.87. The molecule has 0 N–H and O–H groups in total. The summed E-state index contributed by atoms with van der Waals surface area (Å²) in [5, 5.41) is 0. The highest BCUT2D eigenvalue weighted by molar-refractivity contribution is 6.51. The van der Waals surface area contributed by atoms with Crippen molar-refractivity contribution in [3.8, 4) is 0 Å². The average Bonchev–Trinajstić information content (AvgIpc) is 1.95. The smallest absolute Gasteiger partial charge is 0.154 e. The predicted molar refractivity (Wildman–Crippen MR) is 43.8 cm³/mol. The van der Waals surface area contributed by atoms with Crippen LogP contribution in [0.25, 0.3) is 0 Å². The van der Waals surface area contributed by atoms with Crippen molar-refractivity contribution in [2.45, 2.75) is 13.7 Å². The molecule has 0 bridgehead atoms. The summed E-state index contributed by atoms with van der Waals surface area (Å²) >= 11 is 0. The zero-order valence-corrected chi connectivity index (χ0v) is 6.32. The number of benzene rings is 1. The second-order valence-corrected chi connectivity index (χ2v) is 2.44. The van der Waals surface area contributed by atoms with Crippen LogP contribution in [0.4, 0.5) is 4.39 Å². The maximum absolute atomic E-state index is 12.6. The maximum atomic E-state index is 12.6. The summed E-state index contributed by atoms with van der Waals surface area (Å²) in [6.07, 6.45) is 0. The van der Waals surface area contributed by atoms with Crippen molar-refractivity contribution in [2.75, 3.05) is 0 Å². The Morgan fingerprint density at radius 1 is 1.40 bits per heavy atom. The molecule has 0 radical (unpaired) electrons. The Morgan fingerprint density at radius 2 is 2.10 bits per heavy atom. The van der Waals surface area contributed by atoms with Crippen LogP contribution in [-0.4, -0.2) is 7.28 Å². The lowest BCUT2D eigenvalue weighted by Gasteiger charge is -1.97. The number of hydrogen-bond donors (Lipinski definition) is 0. The van der Waals surface area contributed by atoms with Gasteiger partial charge in [-0.05, 0) is 18.6 Å². The molecule has 52 valence electrons. The monoisotopic (exact) mass is 136 g/mol. The molecule has 0 saturated carbocycles. The van der Waals surface area contributed by atoms with E-state index < -0.39 is 0 Å². The van der Waals surface area contributed by atoms with Crippen LogP contribution in [-0.2, 0) is 0 Å². The van der Waals surface area contributed by atoms with Gasteiger partial charge in [0.1, 0.15) is 5.82 Å². The SMILES string of the molecule is CBc1ccc(F)c(C)c1. The normalized spacial score (nSPS) is 9.50. The van der Waals surface area contributed by atoms with Crippen LogP contribution in [0.1, 0.15) is 5.56 Å². The van der Waals surface area contributed by atoms with Gasteiger partial charge >= 0.3 is 0 Å². The van der Waals surface area contributed by atoms with E-state index in [0.29, 0.717) is 0 Å². The van der Waals surface area contributed by atoms with E-state index in [0.717, 1.165) is 12.8 Å². The maximum Gasteiger partial charge on any atom is 0.154 e. The molecule has 0 spiro atoms. The van der Waals surface area contributed by atoms with Crippen molar-refractivity contribution in [3.63, 3.8) is 0 Å². The highest BCUT2D eigenvalue weighted by Gasteiger charge is 1.96. The first-order valence-corrected chi connectivity index (χ1v) is 3.49. The first-order valence-electron chi connectivity index (χ1n) is 3.49. The highest BCUT2D eigenvalue weighted by Crippen LogP contribution is 2.01. The molecule has 0 fully saturated rings. The predicted octanol–water partition coefficient (Wildman–Crippen LogP) is 1.24. The molecule has 0 aromatic heterocycles.